The molecule has 0 unspecified atom stereocenters. The molecule has 0 aliphatic heterocycles. The summed E-state index contributed by atoms with van der Waals surface area (Å²) in [6, 6.07) is 11.7. The lowest BCUT2D eigenvalue weighted by atomic mass is 10.2. The fourth-order valence-electron chi connectivity index (χ4n) is 2.13. The molecule has 2 rings (SSSR count). The Bertz CT molecular complexity index is 639. The predicted molar refractivity (Wildman–Crippen MR) is 86.7 cm³/mol. The van der Waals surface area contributed by atoms with Crippen LogP contribution in [0.1, 0.15) is 19.4 Å². The summed E-state index contributed by atoms with van der Waals surface area (Å²) < 4.78 is 0. The maximum Gasteiger partial charge on any atom is 0.153 e. The van der Waals surface area contributed by atoms with Crippen molar-refractivity contribution >= 4 is 22.9 Å². The van der Waals surface area contributed by atoms with Crippen molar-refractivity contribution in [2.24, 2.45) is 0 Å². The molecule has 2 aromatic rings. The molecule has 1 aromatic heterocycles. The largest absolute Gasteiger partial charge is 0.396 e. The molecular weight excluding hydrogens is 262 g/mol. The van der Waals surface area contributed by atoms with Gasteiger partial charge in [-0.05, 0) is 44.2 Å². The molecule has 21 heavy (non-hydrogen) atoms. The highest BCUT2D eigenvalue weighted by atomic mass is 15.1. The third-order valence-electron chi connectivity index (χ3n) is 3.30. The van der Waals surface area contributed by atoms with E-state index in [0.717, 1.165) is 18.8 Å². The van der Waals surface area contributed by atoms with Gasteiger partial charge in [-0.25, -0.2) is 4.98 Å². The summed E-state index contributed by atoms with van der Waals surface area (Å²) >= 11 is 0. The Morgan fingerprint density at radius 2 is 1.90 bits per heavy atom. The number of hydrogen-bond donors (Lipinski definition) is 2. The SMILES string of the molecule is CCN(CC)c1ccc(Nc2ncc(C#N)cc2N)cc1. The maximum absolute atomic E-state index is 8.80. The lowest BCUT2D eigenvalue weighted by molar-refractivity contribution is 0.866. The van der Waals surface area contributed by atoms with Crippen molar-refractivity contribution in [1.82, 2.24) is 4.98 Å². The van der Waals surface area contributed by atoms with Gasteiger partial charge in [0.2, 0.25) is 0 Å². The smallest absolute Gasteiger partial charge is 0.153 e. The molecule has 0 bridgehead atoms. The fourth-order valence-corrected chi connectivity index (χ4v) is 2.13. The van der Waals surface area contributed by atoms with Gasteiger partial charge in [0, 0.05) is 30.7 Å². The summed E-state index contributed by atoms with van der Waals surface area (Å²) in [4.78, 5) is 6.44. The molecule has 0 fully saturated rings. The van der Waals surface area contributed by atoms with Crippen LogP contribution in [0.5, 0.6) is 0 Å². The standard InChI is InChI=1S/C16H19N5/c1-3-21(4-2)14-7-5-13(6-8-14)20-16-15(18)9-12(10-17)11-19-16/h5-9,11H,3-4,18H2,1-2H3,(H,19,20). The summed E-state index contributed by atoms with van der Waals surface area (Å²) in [7, 11) is 0. The van der Waals surface area contributed by atoms with E-state index in [9.17, 15) is 0 Å². The molecule has 3 N–H and O–H groups in total. The Kier molecular flexibility index (Phi) is 4.62. The minimum absolute atomic E-state index is 0.454. The second-order valence-corrected chi connectivity index (χ2v) is 4.62. The third-order valence-corrected chi connectivity index (χ3v) is 3.30. The van der Waals surface area contributed by atoms with Crippen LogP contribution < -0.4 is 16.0 Å². The van der Waals surface area contributed by atoms with E-state index in [1.165, 1.54) is 11.9 Å². The number of nitrogen functional groups attached to an aromatic ring is 1. The fraction of sp³-hybridized carbons (Fsp3) is 0.250. The second-order valence-electron chi connectivity index (χ2n) is 4.62. The maximum atomic E-state index is 8.80. The van der Waals surface area contributed by atoms with Crippen LogP contribution in [0, 0.1) is 11.3 Å². The molecule has 1 heterocycles. The number of hydrogen-bond acceptors (Lipinski definition) is 5. The van der Waals surface area contributed by atoms with Gasteiger partial charge in [0.25, 0.3) is 0 Å². The highest BCUT2D eigenvalue weighted by Crippen LogP contribution is 2.23. The molecule has 5 heteroatoms. The highest BCUT2D eigenvalue weighted by molar-refractivity contribution is 5.70. The summed E-state index contributed by atoms with van der Waals surface area (Å²) in [6.45, 7) is 6.23. The molecule has 0 aliphatic carbocycles. The zero-order chi connectivity index (χ0) is 15.2. The molecule has 0 spiro atoms. The number of nitrogens with zero attached hydrogens (tertiary/aromatic N) is 3. The Morgan fingerprint density at radius 1 is 1.24 bits per heavy atom. The van der Waals surface area contributed by atoms with Crippen LogP contribution >= 0.6 is 0 Å². The van der Waals surface area contributed by atoms with Gasteiger partial charge in [0.1, 0.15) is 6.07 Å². The van der Waals surface area contributed by atoms with Crippen LogP contribution in [0.2, 0.25) is 0 Å². The molecule has 0 saturated carbocycles. The average Bonchev–Trinajstić information content (AvgIpc) is 2.52. The molecular formula is C16H19N5. The van der Waals surface area contributed by atoms with E-state index in [-0.39, 0.29) is 0 Å². The van der Waals surface area contributed by atoms with Crippen LogP contribution in [0.15, 0.2) is 36.5 Å². The molecule has 0 atom stereocenters. The number of nitriles is 1. The monoisotopic (exact) mass is 281 g/mol. The van der Waals surface area contributed by atoms with Crippen LogP contribution in [-0.2, 0) is 0 Å². The minimum Gasteiger partial charge on any atom is -0.396 e. The number of aromatic nitrogens is 1. The number of pyridine rings is 1. The van der Waals surface area contributed by atoms with Crippen LogP contribution in [-0.4, -0.2) is 18.1 Å². The third kappa shape index (κ3) is 3.42. The van der Waals surface area contributed by atoms with Crippen LogP contribution in [0.25, 0.3) is 0 Å². The van der Waals surface area contributed by atoms with Gasteiger partial charge in [0.15, 0.2) is 5.82 Å². The number of anilines is 4. The summed E-state index contributed by atoms with van der Waals surface area (Å²) in [5.74, 6) is 0.560. The minimum atomic E-state index is 0.454. The first-order valence-electron chi connectivity index (χ1n) is 6.95. The number of nitrogens with one attached hydrogen (secondary N) is 1. The van der Waals surface area contributed by atoms with E-state index >= 15 is 0 Å². The van der Waals surface area contributed by atoms with Crippen molar-refractivity contribution in [2.45, 2.75) is 13.8 Å². The van der Waals surface area contributed by atoms with Crippen LogP contribution in [0.3, 0.4) is 0 Å². The zero-order valence-corrected chi connectivity index (χ0v) is 12.3. The molecule has 0 radical (unpaired) electrons. The number of nitrogens with two attached hydrogens (primary N) is 1. The van der Waals surface area contributed by atoms with E-state index in [2.05, 4.69) is 41.2 Å². The van der Waals surface area contributed by atoms with E-state index in [1.54, 1.807) is 6.07 Å². The van der Waals surface area contributed by atoms with Gasteiger partial charge in [-0.1, -0.05) is 0 Å². The quantitative estimate of drug-likeness (QED) is 0.880. The van der Waals surface area contributed by atoms with E-state index in [4.69, 9.17) is 11.0 Å². The van der Waals surface area contributed by atoms with Crippen molar-refractivity contribution in [1.29, 1.82) is 5.26 Å². The topological polar surface area (TPSA) is 78.0 Å². The lowest BCUT2D eigenvalue weighted by Crippen LogP contribution is -2.21. The molecule has 0 aliphatic rings. The molecule has 0 saturated heterocycles. The first kappa shape index (κ1) is 14.7. The number of benzene rings is 1. The second kappa shape index (κ2) is 6.62. The number of rotatable bonds is 5. The van der Waals surface area contributed by atoms with Crippen molar-refractivity contribution in [2.75, 3.05) is 29.0 Å². The normalized spacial score (nSPS) is 9.95. The summed E-state index contributed by atoms with van der Waals surface area (Å²) in [6.07, 6.45) is 1.50. The van der Waals surface area contributed by atoms with Crippen molar-refractivity contribution in [3.63, 3.8) is 0 Å². The van der Waals surface area contributed by atoms with E-state index in [0.29, 0.717) is 17.1 Å². The van der Waals surface area contributed by atoms with Gasteiger partial charge < -0.3 is 16.0 Å². The van der Waals surface area contributed by atoms with Gasteiger partial charge in [-0.15, -0.1) is 0 Å². The molecule has 1 aromatic carbocycles. The van der Waals surface area contributed by atoms with E-state index < -0.39 is 0 Å². The Balaban J connectivity index is 2.15. The Labute approximate surface area is 125 Å². The van der Waals surface area contributed by atoms with Gasteiger partial charge in [-0.3, -0.25) is 0 Å². The lowest BCUT2D eigenvalue weighted by Gasteiger charge is -2.21. The predicted octanol–water partition coefficient (Wildman–Crippen LogP) is 3.13. The van der Waals surface area contributed by atoms with Crippen molar-refractivity contribution in [3.05, 3.63) is 42.1 Å². The summed E-state index contributed by atoms with van der Waals surface area (Å²) in [5, 5.41) is 12.0. The van der Waals surface area contributed by atoms with Gasteiger partial charge in [0.05, 0.1) is 11.3 Å². The van der Waals surface area contributed by atoms with E-state index in [1.807, 2.05) is 18.2 Å². The van der Waals surface area contributed by atoms with Gasteiger partial charge >= 0.3 is 0 Å². The highest BCUT2D eigenvalue weighted by Gasteiger charge is 2.05. The Morgan fingerprint density at radius 3 is 2.43 bits per heavy atom. The first-order chi connectivity index (χ1) is 10.2. The summed E-state index contributed by atoms with van der Waals surface area (Å²) in [5.41, 5.74) is 8.89. The molecule has 0 amide bonds. The Hall–Kier alpha value is -2.74. The van der Waals surface area contributed by atoms with Crippen molar-refractivity contribution in [3.8, 4) is 6.07 Å². The van der Waals surface area contributed by atoms with Crippen LogP contribution in [0.4, 0.5) is 22.9 Å². The zero-order valence-electron chi connectivity index (χ0n) is 12.3. The first-order valence-corrected chi connectivity index (χ1v) is 6.95. The molecule has 108 valence electrons. The average molecular weight is 281 g/mol. The van der Waals surface area contributed by atoms with Gasteiger partial charge in [-0.2, -0.15) is 5.26 Å². The molecule has 5 nitrogen and oxygen atoms in total. The van der Waals surface area contributed by atoms with Crippen molar-refractivity contribution < 1.29 is 0 Å².